The molecule has 0 aliphatic heterocycles. The lowest BCUT2D eigenvalue weighted by Crippen LogP contribution is -2.28. The lowest BCUT2D eigenvalue weighted by atomic mass is 9.91. The molecule has 0 heterocycles. The molecule has 1 unspecified atom stereocenters. The number of phenolic OH excluding ortho intramolecular Hbond substituents is 1. The van der Waals surface area contributed by atoms with Gasteiger partial charge in [-0.15, -0.1) is 0 Å². The van der Waals surface area contributed by atoms with Gasteiger partial charge >= 0.3 is 5.97 Å². The van der Waals surface area contributed by atoms with Crippen molar-refractivity contribution in [3.8, 4) is 5.75 Å². The molecule has 0 spiro atoms. The average Bonchev–Trinajstić information content (AvgIpc) is 2.52. The van der Waals surface area contributed by atoms with Gasteiger partial charge in [-0.1, -0.05) is 24.3 Å². The highest BCUT2D eigenvalue weighted by atomic mass is 16.6. The Bertz CT molecular complexity index is 743. The summed E-state index contributed by atoms with van der Waals surface area (Å²) < 4.78 is 5.55. The van der Waals surface area contributed by atoms with Crippen LogP contribution in [0.4, 0.5) is 0 Å². The van der Waals surface area contributed by atoms with Crippen LogP contribution in [-0.4, -0.2) is 22.6 Å². The van der Waals surface area contributed by atoms with Crippen LogP contribution in [0.25, 0.3) is 0 Å². The van der Waals surface area contributed by atoms with Crippen LogP contribution in [0.5, 0.6) is 5.75 Å². The van der Waals surface area contributed by atoms with E-state index >= 15 is 0 Å². The predicted molar refractivity (Wildman–Crippen MR) is 95.4 cm³/mol. The van der Waals surface area contributed by atoms with Crippen molar-refractivity contribution in [2.45, 2.75) is 38.7 Å². The normalized spacial score (nSPS) is 12.4. The van der Waals surface area contributed by atoms with Crippen LogP contribution >= 0.6 is 0 Å². The van der Waals surface area contributed by atoms with E-state index in [-0.39, 0.29) is 11.7 Å². The number of nitrogens with two attached hydrogens (primary N) is 1. The molecule has 5 heteroatoms. The first-order valence-electron chi connectivity index (χ1n) is 8.06. The van der Waals surface area contributed by atoms with Crippen LogP contribution < -0.4 is 5.73 Å². The number of carbonyl (C=O) groups excluding carboxylic acids is 2. The van der Waals surface area contributed by atoms with Crippen LogP contribution in [0.1, 0.15) is 48.2 Å². The number of carbonyl (C=O) groups is 2. The Kier molecular flexibility index (Phi) is 5.47. The van der Waals surface area contributed by atoms with Crippen molar-refractivity contribution < 1.29 is 19.4 Å². The van der Waals surface area contributed by atoms with E-state index < -0.39 is 17.4 Å². The second-order valence-corrected chi connectivity index (χ2v) is 6.94. The van der Waals surface area contributed by atoms with Gasteiger partial charge in [0.15, 0.2) is 0 Å². The van der Waals surface area contributed by atoms with E-state index in [1.807, 2.05) is 20.8 Å². The van der Waals surface area contributed by atoms with Gasteiger partial charge in [-0.3, -0.25) is 9.59 Å². The highest BCUT2D eigenvalue weighted by molar-refractivity contribution is 5.93. The summed E-state index contributed by atoms with van der Waals surface area (Å²) in [6.45, 7) is 5.45. The van der Waals surface area contributed by atoms with E-state index in [9.17, 15) is 14.7 Å². The maximum Gasteiger partial charge on any atom is 0.314 e. The first-order chi connectivity index (χ1) is 11.7. The molecule has 0 aliphatic rings. The fraction of sp³-hybridized carbons (Fsp3) is 0.300. The third-order valence-electron chi connectivity index (χ3n) is 3.67. The quantitative estimate of drug-likeness (QED) is 0.818. The molecule has 0 aliphatic carbocycles. The van der Waals surface area contributed by atoms with Crippen molar-refractivity contribution in [2.24, 2.45) is 5.73 Å². The minimum atomic E-state index is -0.600. The zero-order valence-electron chi connectivity index (χ0n) is 14.7. The number of esters is 1. The molecule has 5 nitrogen and oxygen atoms in total. The van der Waals surface area contributed by atoms with Gasteiger partial charge in [0.2, 0.25) is 5.91 Å². The minimum absolute atomic E-state index is 0.170. The average molecular weight is 341 g/mol. The molecule has 25 heavy (non-hydrogen) atoms. The molecule has 0 radical (unpaired) electrons. The Morgan fingerprint density at radius 2 is 1.60 bits per heavy atom. The van der Waals surface area contributed by atoms with Crippen molar-refractivity contribution in [1.82, 2.24) is 0 Å². The monoisotopic (exact) mass is 341 g/mol. The SMILES string of the molecule is CC(C)(C)OC(=O)C(Cc1ccc(O)cc1)c1ccc(C(N)=O)cc1. The molecule has 0 aromatic heterocycles. The molecule has 3 N–H and O–H groups in total. The molecule has 1 atom stereocenters. The molecule has 2 aromatic rings. The highest BCUT2D eigenvalue weighted by Crippen LogP contribution is 2.26. The van der Waals surface area contributed by atoms with Crippen molar-refractivity contribution in [3.05, 3.63) is 65.2 Å². The van der Waals surface area contributed by atoms with Gasteiger partial charge in [-0.25, -0.2) is 0 Å². The second-order valence-electron chi connectivity index (χ2n) is 6.94. The summed E-state index contributed by atoms with van der Waals surface area (Å²) >= 11 is 0. The highest BCUT2D eigenvalue weighted by Gasteiger charge is 2.27. The third kappa shape index (κ3) is 5.35. The van der Waals surface area contributed by atoms with Gasteiger partial charge in [0.05, 0.1) is 5.92 Å². The number of rotatable bonds is 5. The summed E-state index contributed by atoms with van der Waals surface area (Å²) in [4.78, 5) is 23.9. The lowest BCUT2D eigenvalue weighted by molar-refractivity contribution is -0.156. The Morgan fingerprint density at radius 3 is 2.08 bits per heavy atom. The van der Waals surface area contributed by atoms with Gasteiger partial charge in [-0.05, 0) is 62.6 Å². The largest absolute Gasteiger partial charge is 0.508 e. The Labute approximate surface area is 147 Å². The Hall–Kier alpha value is -2.82. The molecule has 132 valence electrons. The zero-order valence-corrected chi connectivity index (χ0v) is 14.7. The summed E-state index contributed by atoms with van der Waals surface area (Å²) in [5.41, 5.74) is 6.69. The predicted octanol–water partition coefficient (Wildman–Crippen LogP) is 3.16. The van der Waals surface area contributed by atoms with Crippen LogP contribution in [0.3, 0.4) is 0 Å². The number of ether oxygens (including phenoxy) is 1. The topological polar surface area (TPSA) is 89.6 Å². The summed E-state index contributed by atoms with van der Waals surface area (Å²) in [5, 5.41) is 9.42. The molecular weight excluding hydrogens is 318 g/mol. The number of hydrogen-bond acceptors (Lipinski definition) is 4. The first-order valence-corrected chi connectivity index (χ1v) is 8.06. The molecule has 0 saturated heterocycles. The molecule has 0 saturated carbocycles. The van der Waals surface area contributed by atoms with Crippen molar-refractivity contribution >= 4 is 11.9 Å². The number of aromatic hydroxyl groups is 1. The number of amides is 1. The maximum absolute atomic E-state index is 12.7. The van der Waals surface area contributed by atoms with Gasteiger partial charge in [0, 0.05) is 5.56 Å². The summed E-state index contributed by atoms with van der Waals surface area (Å²) in [6, 6.07) is 13.3. The van der Waals surface area contributed by atoms with Gasteiger partial charge in [0.25, 0.3) is 0 Å². The fourth-order valence-corrected chi connectivity index (χ4v) is 2.46. The summed E-state index contributed by atoms with van der Waals surface area (Å²) in [7, 11) is 0. The number of phenols is 1. The molecule has 0 fully saturated rings. The van der Waals surface area contributed by atoms with Crippen LogP contribution in [0.15, 0.2) is 48.5 Å². The van der Waals surface area contributed by atoms with Crippen molar-refractivity contribution in [1.29, 1.82) is 0 Å². The Balaban J connectivity index is 2.32. The van der Waals surface area contributed by atoms with E-state index in [2.05, 4.69) is 0 Å². The van der Waals surface area contributed by atoms with E-state index in [1.54, 1.807) is 48.5 Å². The number of primary amides is 1. The third-order valence-corrected chi connectivity index (χ3v) is 3.67. The smallest absolute Gasteiger partial charge is 0.314 e. The lowest BCUT2D eigenvalue weighted by Gasteiger charge is -2.24. The Morgan fingerprint density at radius 1 is 1.04 bits per heavy atom. The molecule has 1 amide bonds. The first kappa shape index (κ1) is 18.5. The molecule has 2 rings (SSSR count). The van der Waals surface area contributed by atoms with E-state index in [0.717, 1.165) is 11.1 Å². The molecule has 0 bridgehead atoms. The van der Waals surface area contributed by atoms with Crippen LogP contribution in [0.2, 0.25) is 0 Å². The molecular formula is C20H23NO4. The van der Waals surface area contributed by atoms with E-state index in [0.29, 0.717) is 12.0 Å². The van der Waals surface area contributed by atoms with E-state index in [1.165, 1.54) is 0 Å². The summed E-state index contributed by atoms with van der Waals surface area (Å²) in [5.74, 6) is -1.21. The standard InChI is InChI=1S/C20H23NO4/c1-20(2,3)25-19(24)17(12-13-4-10-16(22)11-5-13)14-6-8-15(9-7-14)18(21)23/h4-11,17,22H,12H2,1-3H3,(H2,21,23). The minimum Gasteiger partial charge on any atom is -0.508 e. The van der Waals surface area contributed by atoms with Gasteiger partial charge < -0.3 is 15.6 Å². The van der Waals surface area contributed by atoms with Crippen LogP contribution in [-0.2, 0) is 16.0 Å². The number of benzene rings is 2. The van der Waals surface area contributed by atoms with Gasteiger partial charge in [-0.2, -0.15) is 0 Å². The zero-order chi connectivity index (χ0) is 18.6. The van der Waals surface area contributed by atoms with Crippen LogP contribution in [0, 0.1) is 0 Å². The fourth-order valence-electron chi connectivity index (χ4n) is 2.46. The number of hydrogen-bond donors (Lipinski definition) is 2. The summed E-state index contributed by atoms with van der Waals surface area (Å²) in [6.07, 6.45) is 0.422. The molecule has 2 aromatic carbocycles. The van der Waals surface area contributed by atoms with Crippen molar-refractivity contribution in [2.75, 3.05) is 0 Å². The van der Waals surface area contributed by atoms with Gasteiger partial charge in [0.1, 0.15) is 11.4 Å². The van der Waals surface area contributed by atoms with E-state index in [4.69, 9.17) is 10.5 Å². The second kappa shape index (κ2) is 7.38. The maximum atomic E-state index is 12.7. The van der Waals surface area contributed by atoms with Crippen molar-refractivity contribution in [3.63, 3.8) is 0 Å².